The Kier molecular flexibility index (Phi) is 10.7. The van der Waals surface area contributed by atoms with E-state index in [9.17, 15) is 45.8 Å². The summed E-state index contributed by atoms with van der Waals surface area (Å²) in [5.74, 6) is -2.57. The Morgan fingerprint density at radius 2 is 1.31 bits per heavy atom. The van der Waals surface area contributed by atoms with E-state index in [1.807, 2.05) is 48.5 Å². The third kappa shape index (κ3) is 9.45. The van der Waals surface area contributed by atoms with Crippen LogP contribution in [-0.4, -0.2) is 28.9 Å². The second kappa shape index (κ2) is 15.0. The van der Waals surface area contributed by atoms with E-state index >= 15 is 0 Å². The molecule has 0 spiro atoms. The summed E-state index contributed by atoms with van der Waals surface area (Å²) in [5.41, 5.74) is -2.98. The number of alkyl halides is 6. The number of carbonyl (C=O) groups is 3. The lowest BCUT2D eigenvalue weighted by Gasteiger charge is -2.18. The Bertz CT molecular complexity index is 2040. The third-order valence-electron chi connectivity index (χ3n) is 7.47. The molecule has 51 heavy (non-hydrogen) atoms. The van der Waals surface area contributed by atoms with Gasteiger partial charge in [-0.25, -0.2) is 4.79 Å². The molecule has 5 aromatic rings. The average molecular weight is 727 g/mol. The van der Waals surface area contributed by atoms with Gasteiger partial charge in [-0.15, -0.1) is 0 Å². The van der Waals surface area contributed by atoms with Crippen molar-refractivity contribution >= 4 is 35.1 Å². The zero-order valence-corrected chi connectivity index (χ0v) is 26.7. The minimum absolute atomic E-state index is 0.0303. The quantitative estimate of drug-likeness (QED) is 0.124. The summed E-state index contributed by atoms with van der Waals surface area (Å²) in [6.07, 6.45) is -10.6. The van der Waals surface area contributed by atoms with Crippen molar-refractivity contribution in [2.75, 3.05) is 5.32 Å². The van der Waals surface area contributed by atoms with E-state index in [1.54, 1.807) is 30.3 Å². The zero-order valence-electron chi connectivity index (χ0n) is 26.0. The van der Waals surface area contributed by atoms with E-state index in [2.05, 4.69) is 10.6 Å². The number of benzene rings is 5. The Hall–Kier alpha value is -5.82. The average Bonchev–Trinajstić information content (AvgIpc) is 3.08. The van der Waals surface area contributed by atoms with Crippen molar-refractivity contribution in [1.29, 1.82) is 0 Å². The van der Waals surface area contributed by atoms with Crippen LogP contribution < -0.4 is 15.4 Å². The lowest BCUT2D eigenvalue weighted by molar-refractivity contribution is -0.143. The molecule has 0 heterocycles. The van der Waals surface area contributed by atoms with Gasteiger partial charge >= 0.3 is 18.3 Å². The number of hydrogen-bond donors (Lipinski definition) is 3. The van der Waals surface area contributed by atoms with Crippen LogP contribution in [0.2, 0.25) is 5.02 Å². The fourth-order valence-corrected chi connectivity index (χ4v) is 5.13. The summed E-state index contributed by atoms with van der Waals surface area (Å²) in [4.78, 5) is 38.4. The van der Waals surface area contributed by atoms with Crippen molar-refractivity contribution < 1.29 is 50.6 Å². The SMILES string of the molecule is O=C(Nc1ccc(Cl)cc1C(=O)NC(Cc1ccc(-c2cccc(Oc3ccccc3)c2)cc1)C(=O)O)c1cc(C(F)(F)F)cc(C(F)(F)F)c1. The number of para-hydroxylation sites is 1. The van der Waals surface area contributed by atoms with Gasteiger partial charge in [0.15, 0.2) is 0 Å². The Labute approximate surface area is 291 Å². The fourth-order valence-electron chi connectivity index (χ4n) is 4.96. The maximum Gasteiger partial charge on any atom is 0.416 e. The van der Waals surface area contributed by atoms with Crippen LogP contribution in [0.5, 0.6) is 11.5 Å². The lowest BCUT2D eigenvalue weighted by Crippen LogP contribution is -2.42. The van der Waals surface area contributed by atoms with E-state index in [0.717, 1.165) is 23.3 Å². The summed E-state index contributed by atoms with van der Waals surface area (Å²) in [5, 5.41) is 14.3. The summed E-state index contributed by atoms with van der Waals surface area (Å²) < 4.78 is 86.0. The van der Waals surface area contributed by atoms with Gasteiger partial charge in [-0.05, 0) is 77.4 Å². The van der Waals surface area contributed by atoms with E-state index < -0.39 is 58.4 Å². The monoisotopic (exact) mass is 726 g/mol. The Morgan fingerprint density at radius 3 is 1.92 bits per heavy atom. The number of carbonyl (C=O) groups excluding carboxylic acids is 2. The number of amides is 2. The number of halogens is 7. The van der Waals surface area contributed by atoms with Crippen LogP contribution in [0.3, 0.4) is 0 Å². The van der Waals surface area contributed by atoms with Gasteiger partial charge in [0.05, 0.1) is 22.4 Å². The molecule has 5 aromatic carbocycles. The van der Waals surface area contributed by atoms with Crippen LogP contribution in [0.15, 0.2) is 115 Å². The molecule has 1 unspecified atom stereocenters. The van der Waals surface area contributed by atoms with Gasteiger partial charge in [0.1, 0.15) is 17.5 Å². The standard InChI is InChI=1S/C37H25ClF6N2O5/c38-27-13-14-31(45-33(47)24-16-25(36(39,40)41)19-26(17-24)37(42,43)44)30(20-27)34(48)46-32(35(49)50)15-21-9-11-22(12-10-21)23-5-4-8-29(18-23)51-28-6-2-1-3-7-28/h1-14,16-20,32H,15H2,(H,45,47)(H,46,48)(H,49,50). The topological polar surface area (TPSA) is 105 Å². The molecule has 0 fully saturated rings. The van der Waals surface area contributed by atoms with E-state index in [4.69, 9.17) is 16.3 Å². The molecule has 0 aromatic heterocycles. The predicted molar refractivity (Wildman–Crippen MR) is 177 cm³/mol. The summed E-state index contributed by atoms with van der Waals surface area (Å²) in [6, 6.07) is 25.6. The first kappa shape index (κ1) is 36.5. The molecule has 3 N–H and O–H groups in total. The molecule has 1 atom stereocenters. The minimum Gasteiger partial charge on any atom is -0.480 e. The molecule has 0 bridgehead atoms. The van der Waals surface area contributed by atoms with Crippen LogP contribution in [0, 0.1) is 0 Å². The number of aliphatic carboxylic acids is 1. The van der Waals surface area contributed by atoms with Crippen molar-refractivity contribution in [3.8, 4) is 22.6 Å². The van der Waals surface area contributed by atoms with Crippen LogP contribution in [-0.2, 0) is 23.6 Å². The number of anilines is 1. The van der Waals surface area contributed by atoms with Gasteiger partial charge in [0, 0.05) is 17.0 Å². The number of hydrogen-bond acceptors (Lipinski definition) is 4. The van der Waals surface area contributed by atoms with Crippen molar-refractivity contribution in [1.82, 2.24) is 5.32 Å². The lowest BCUT2D eigenvalue weighted by atomic mass is 10.00. The van der Waals surface area contributed by atoms with Crippen LogP contribution in [0.25, 0.3) is 11.1 Å². The summed E-state index contributed by atoms with van der Waals surface area (Å²) in [6.45, 7) is 0. The van der Waals surface area contributed by atoms with E-state index in [-0.39, 0.29) is 35.3 Å². The predicted octanol–water partition coefficient (Wildman–Crippen LogP) is 9.51. The third-order valence-corrected chi connectivity index (χ3v) is 7.70. The molecule has 262 valence electrons. The number of ether oxygens (including phenoxy) is 1. The molecule has 14 heteroatoms. The highest BCUT2D eigenvalue weighted by Gasteiger charge is 2.37. The number of rotatable bonds is 10. The first-order chi connectivity index (χ1) is 24.1. The molecule has 0 saturated carbocycles. The molecule has 0 aliphatic carbocycles. The van der Waals surface area contributed by atoms with E-state index in [0.29, 0.717) is 17.1 Å². The maximum absolute atomic E-state index is 13.3. The zero-order chi connectivity index (χ0) is 36.9. The number of carboxylic acids is 1. The van der Waals surface area contributed by atoms with Crippen molar-refractivity contribution in [3.05, 3.63) is 148 Å². The second-order valence-corrected chi connectivity index (χ2v) is 11.6. The van der Waals surface area contributed by atoms with Gasteiger partial charge in [-0.1, -0.05) is 66.2 Å². The van der Waals surface area contributed by atoms with Crippen molar-refractivity contribution in [3.63, 3.8) is 0 Å². The Balaban J connectivity index is 1.32. The molecule has 0 aliphatic heterocycles. The van der Waals surface area contributed by atoms with Crippen molar-refractivity contribution in [2.24, 2.45) is 0 Å². The van der Waals surface area contributed by atoms with Crippen molar-refractivity contribution in [2.45, 2.75) is 24.8 Å². The highest BCUT2D eigenvalue weighted by molar-refractivity contribution is 6.31. The van der Waals surface area contributed by atoms with Gasteiger partial charge < -0.3 is 20.5 Å². The molecule has 5 rings (SSSR count). The fraction of sp³-hybridized carbons (Fsp3) is 0.108. The minimum atomic E-state index is -5.20. The largest absolute Gasteiger partial charge is 0.480 e. The molecule has 7 nitrogen and oxygen atoms in total. The van der Waals surface area contributed by atoms with Crippen LogP contribution >= 0.6 is 11.6 Å². The van der Waals surface area contributed by atoms with Gasteiger partial charge in [-0.2, -0.15) is 26.3 Å². The molecule has 2 amide bonds. The molecular weight excluding hydrogens is 702 g/mol. The second-order valence-electron chi connectivity index (χ2n) is 11.1. The normalized spacial score (nSPS) is 12.1. The highest BCUT2D eigenvalue weighted by Crippen LogP contribution is 2.37. The highest BCUT2D eigenvalue weighted by atomic mass is 35.5. The first-order valence-corrected chi connectivity index (χ1v) is 15.3. The number of nitrogens with one attached hydrogen (secondary N) is 2. The van der Waals surface area contributed by atoms with Gasteiger partial charge in [-0.3, -0.25) is 9.59 Å². The van der Waals surface area contributed by atoms with E-state index in [1.165, 1.54) is 6.07 Å². The number of carboxylic acid groups (broad SMARTS) is 1. The van der Waals surface area contributed by atoms with Gasteiger partial charge in [0.2, 0.25) is 0 Å². The molecular formula is C37H25ClF6N2O5. The smallest absolute Gasteiger partial charge is 0.416 e. The molecule has 0 radical (unpaired) electrons. The molecule has 0 saturated heterocycles. The van der Waals surface area contributed by atoms with Gasteiger partial charge in [0.25, 0.3) is 11.8 Å². The maximum atomic E-state index is 13.3. The summed E-state index contributed by atoms with van der Waals surface area (Å²) >= 11 is 6.03. The summed E-state index contributed by atoms with van der Waals surface area (Å²) in [7, 11) is 0. The van der Waals surface area contributed by atoms with Crippen LogP contribution in [0.4, 0.5) is 32.0 Å². The molecule has 0 aliphatic rings. The first-order valence-electron chi connectivity index (χ1n) is 14.9. The van der Waals surface area contributed by atoms with Crippen LogP contribution in [0.1, 0.15) is 37.4 Å². The Morgan fingerprint density at radius 1 is 0.686 bits per heavy atom.